The third-order valence-electron chi connectivity index (χ3n) is 5.06. The maximum absolute atomic E-state index is 9.74. The number of nitriles is 1. The summed E-state index contributed by atoms with van der Waals surface area (Å²) >= 11 is 0. The Morgan fingerprint density at radius 2 is 1.56 bits per heavy atom. The first-order valence-corrected chi connectivity index (χ1v) is 8.65. The third-order valence-corrected chi connectivity index (χ3v) is 5.06. The summed E-state index contributed by atoms with van der Waals surface area (Å²) in [6, 6.07) is 28.4. The minimum absolute atomic E-state index is 0.377. The van der Waals surface area contributed by atoms with E-state index in [-0.39, 0.29) is 0 Å². The van der Waals surface area contributed by atoms with Crippen LogP contribution in [0.15, 0.2) is 78.9 Å². The number of para-hydroxylation sites is 1. The topological polar surface area (TPSA) is 33.1 Å². The third kappa shape index (κ3) is 2.06. The lowest BCUT2D eigenvalue weighted by molar-refractivity contribution is 1.17. The lowest BCUT2D eigenvalue weighted by Crippen LogP contribution is -1.97. The van der Waals surface area contributed by atoms with Crippen LogP contribution in [-0.4, -0.2) is 4.57 Å². The van der Waals surface area contributed by atoms with Gasteiger partial charge in [-0.3, -0.25) is 0 Å². The SMILES string of the molecule is [C-]#[N+]c1cccc(-n2c3ccccc3c3c4ccccc4ccc32)c1C#N. The number of hydrogen-bond donors (Lipinski definition) is 0. The molecule has 0 saturated heterocycles. The Kier molecular flexibility index (Phi) is 3.22. The predicted molar refractivity (Wildman–Crippen MR) is 109 cm³/mol. The Morgan fingerprint density at radius 1 is 0.778 bits per heavy atom. The number of benzene rings is 4. The molecule has 0 bridgehead atoms. The fourth-order valence-corrected chi connectivity index (χ4v) is 3.92. The normalized spacial score (nSPS) is 10.9. The molecule has 5 aromatic rings. The molecule has 0 aliphatic heterocycles. The van der Waals surface area contributed by atoms with Crippen molar-refractivity contribution < 1.29 is 0 Å². The first-order chi connectivity index (χ1) is 13.3. The average Bonchev–Trinajstić information content (AvgIpc) is 3.07. The van der Waals surface area contributed by atoms with E-state index in [1.807, 2.05) is 36.4 Å². The van der Waals surface area contributed by atoms with E-state index in [9.17, 15) is 5.26 Å². The lowest BCUT2D eigenvalue weighted by atomic mass is 10.0. The highest BCUT2D eigenvalue weighted by Gasteiger charge is 2.17. The molecule has 0 N–H and O–H groups in total. The molecule has 0 unspecified atom stereocenters. The smallest absolute Gasteiger partial charge is 0.206 e. The molecule has 0 amide bonds. The van der Waals surface area contributed by atoms with Gasteiger partial charge in [0.2, 0.25) is 5.69 Å². The van der Waals surface area contributed by atoms with E-state index in [1.54, 1.807) is 6.07 Å². The zero-order valence-corrected chi connectivity index (χ0v) is 14.3. The molecular formula is C24H13N3. The van der Waals surface area contributed by atoms with Crippen LogP contribution < -0.4 is 0 Å². The number of hydrogen-bond acceptors (Lipinski definition) is 1. The van der Waals surface area contributed by atoms with Crippen LogP contribution in [0.2, 0.25) is 0 Å². The fourth-order valence-electron chi connectivity index (χ4n) is 3.92. The Hall–Kier alpha value is -4.08. The standard InChI is InChI=1S/C24H13N3/c1-26-20-10-6-12-22(19(20)15-25)27-21-11-5-4-9-18(21)24-17-8-3-2-7-16(17)13-14-23(24)27/h2-14H. The molecule has 27 heavy (non-hydrogen) atoms. The van der Waals surface area contributed by atoms with Crippen molar-refractivity contribution in [3.8, 4) is 11.8 Å². The van der Waals surface area contributed by atoms with E-state index in [0.29, 0.717) is 11.3 Å². The van der Waals surface area contributed by atoms with Crippen LogP contribution in [0.25, 0.3) is 43.1 Å². The van der Waals surface area contributed by atoms with Gasteiger partial charge in [0.25, 0.3) is 0 Å². The number of fused-ring (bicyclic) bond motifs is 5. The van der Waals surface area contributed by atoms with Gasteiger partial charge < -0.3 is 4.57 Å². The molecule has 0 radical (unpaired) electrons. The maximum Gasteiger partial charge on any atom is 0.206 e. The molecule has 1 heterocycles. The Balaban J connectivity index is 2.05. The van der Waals surface area contributed by atoms with Crippen LogP contribution in [0.3, 0.4) is 0 Å². The van der Waals surface area contributed by atoms with Crippen LogP contribution >= 0.6 is 0 Å². The van der Waals surface area contributed by atoms with Gasteiger partial charge in [0, 0.05) is 10.8 Å². The summed E-state index contributed by atoms with van der Waals surface area (Å²) in [4.78, 5) is 3.54. The molecule has 0 fully saturated rings. The van der Waals surface area contributed by atoms with Gasteiger partial charge in [-0.15, -0.1) is 0 Å². The van der Waals surface area contributed by atoms with Gasteiger partial charge in [-0.25, -0.2) is 4.85 Å². The Labute approximate surface area is 156 Å². The summed E-state index contributed by atoms with van der Waals surface area (Å²) < 4.78 is 2.10. The maximum atomic E-state index is 9.74. The molecule has 5 rings (SSSR count). The summed E-state index contributed by atoms with van der Waals surface area (Å²) in [6.45, 7) is 7.41. The molecule has 4 aromatic carbocycles. The van der Waals surface area contributed by atoms with E-state index in [0.717, 1.165) is 22.1 Å². The van der Waals surface area contributed by atoms with Crippen molar-refractivity contribution in [1.29, 1.82) is 5.26 Å². The van der Waals surface area contributed by atoms with Gasteiger partial charge in [0.05, 0.1) is 34.9 Å². The first kappa shape index (κ1) is 15.2. The predicted octanol–water partition coefficient (Wildman–Crippen LogP) is 6.36. The summed E-state index contributed by atoms with van der Waals surface area (Å²) in [6.07, 6.45) is 0. The van der Waals surface area contributed by atoms with E-state index >= 15 is 0 Å². The zero-order valence-electron chi connectivity index (χ0n) is 14.3. The van der Waals surface area contributed by atoms with Gasteiger partial charge in [-0.2, -0.15) is 5.26 Å². The number of rotatable bonds is 1. The Bertz CT molecular complexity index is 1440. The summed E-state index contributed by atoms with van der Waals surface area (Å²) in [7, 11) is 0. The second-order valence-electron chi connectivity index (χ2n) is 6.43. The van der Waals surface area contributed by atoms with E-state index in [4.69, 9.17) is 6.57 Å². The van der Waals surface area contributed by atoms with E-state index in [2.05, 4.69) is 51.9 Å². The highest BCUT2D eigenvalue weighted by atomic mass is 15.0. The average molecular weight is 343 g/mol. The van der Waals surface area contributed by atoms with Crippen molar-refractivity contribution in [3.63, 3.8) is 0 Å². The van der Waals surface area contributed by atoms with Crippen LogP contribution in [-0.2, 0) is 0 Å². The van der Waals surface area contributed by atoms with Crippen LogP contribution in [0.1, 0.15) is 5.56 Å². The zero-order chi connectivity index (χ0) is 18.4. The minimum Gasteiger partial charge on any atom is -0.309 e. The summed E-state index contributed by atoms with van der Waals surface area (Å²) in [5.74, 6) is 0. The van der Waals surface area contributed by atoms with Crippen molar-refractivity contribution in [2.45, 2.75) is 0 Å². The highest BCUT2D eigenvalue weighted by Crippen LogP contribution is 2.38. The van der Waals surface area contributed by atoms with Gasteiger partial charge in [-0.1, -0.05) is 60.7 Å². The van der Waals surface area contributed by atoms with Gasteiger partial charge in [0.15, 0.2) is 0 Å². The molecule has 3 nitrogen and oxygen atoms in total. The number of aromatic nitrogens is 1. The molecule has 124 valence electrons. The van der Waals surface area contributed by atoms with Crippen LogP contribution in [0.4, 0.5) is 5.69 Å². The molecule has 3 heteroatoms. The molecule has 1 aromatic heterocycles. The fraction of sp³-hybridized carbons (Fsp3) is 0. The minimum atomic E-state index is 0.377. The van der Waals surface area contributed by atoms with E-state index in [1.165, 1.54) is 16.2 Å². The second kappa shape index (κ2) is 5.73. The molecule has 0 spiro atoms. The molecule has 0 atom stereocenters. The van der Waals surface area contributed by atoms with E-state index < -0.39 is 0 Å². The molecule has 0 aliphatic rings. The van der Waals surface area contributed by atoms with Gasteiger partial charge in [-0.05, 0) is 29.0 Å². The van der Waals surface area contributed by atoms with Crippen LogP contribution in [0, 0.1) is 17.9 Å². The summed E-state index contributed by atoms with van der Waals surface area (Å²) in [5.41, 5.74) is 3.59. The van der Waals surface area contributed by atoms with Crippen molar-refractivity contribution in [2.24, 2.45) is 0 Å². The monoisotopic (exact) mass is 343 g/mol. The molecular weight excluding hydrogens is 330 g/mol. The quantitative estimate of drug-likeness (QED) is 0.326. The highest BCUT2D eigenvalue weighted by molar-refractivity contribution is 6.21. The van der Waals surface area contributed by atoms with Crippen molar-refractivity contribution in [2.75, 3.05) is 0 Å². The summed E-state index contributed by atoms with van der Waals surface area (Å²) in [5, 5.41) is 14.4. The van der Waals surface area contributed by atoms with Gasteiger partial charge >= 0.3 is 0 Å². The van der Waals surface area contributed by atoms with Gasteiger partial charge in [0.1, 0.15) is 0 Å². The largest absolute Gasteiger partial charge is 0.309 e. The number of nitrogens with zero attached hydrogens (tertiary/aromatic N) is 3. The second-order valence-corrected chi connectivity index (χ2v) is 6.43. The van der Waals surface area contributed by atoms with Crippen LogP contribution in [0.5, 0.6) is 0 Å². The lowest BCUT2D eigenvalue weighted by Gasteiger charge is -2.11. The first-order valence-electron chi connectivity index (χ1n) is 8.65. The molecule has 0 aliphatic carbocycles. The van der Waals surface area contributed by atoms with Crippen molar-refractivity contribution in [1.82, 2.24) is 4.57 Å². The van der Waals surface area contributed by atoms with Crippen molar-refractivity contribution >= 4 is 38.3 Å². The molecule has 0 saturated carbocycles. The van der Waals surface area contributed by atoms with Crippen molar-refractivity contribution in [3.05, 3.63) is 95.8 Å². The Morgan fingerprint density at radius 3 is 2.37 bits per heavy atom.